The average molecular weight is 202 g/mol. The molecule has 0 aromatic carbocycles. The Kier molecular flexibility index (Phi) is 2.20. The van der Waals surface area contributed by atoms with Crippen LogP contribution in [0.1, 0.15) is 5.69 Å². The lowest BCUT2D eigenvalue weighted by Crippen LogP contribution is -1.96. The second-order valence-electron chi connectivity index (χ2n) is 2.06. The standard InChI is InChI=1S/C6H6N2S3/c1-4-2-9-5(7-4)8-6-10-3-11-6/h2H,3H2,1H3. The first-order valence-corrected chi connectivity index (χ1v) is 5.96. The first-order chi connectivity index (χ1) is 5.34. The van der Waals surface area contributed by atoms with Gasteiger partial charge in [-0.25, -0.2) is 9.98 Å². The average Bonchev–Trinajstić information content (AvgIpc) is 2.27. The van der Waals surface area contributed by atoms with E-state index in [1.54, 1.807) is 34.9 Å². The Balaban J connectivity index is 2.17. The summed E-state index contributed by atoms with van der Waals surface area (Å²) in [6.07, 6.45) is 0. The van der Waals surface area contributed by atoms with E-state index < -0.39 is 0 Å². The van der Waals surface area contributed by atoms with Crippen molar-refractivity contribution in [1.29, 1.82) is 0 Å². The monoisotopic (exact) mass is 202 g/mol. The summed E-state index contributed by atoms with van der Waals surface area (Å²) in [5.74, 6) is 0. The number of rotatable bonds is 1. The zero-order valence-corrected chi connectivity index (χ0v) is 8.35. The van der Waals surface area contributed by atoms with E-state index in [-0.39, 0.29) is 0 Å². The maximum atomic E-state index is 4.34. The lowest BCUT2D eigenvalue weighted by Gasteiger charge is -2.10. The van der Waals surface area contributed by atoms with Gasteiger partial charge < -0.3 is 0 Å². The lowest BCUT2D eigenvalue weighted by molar-refractivity contribution is 1.25. The van der Waals surface area contributed by atoms with Gasteiger partial charge >= 0.3 is 0 Å². The first kappa shape index (κ1) is 7.64. The molecular weight excluding hydrogens is 196 g/mol. The van der Waals surface area contributed by atoms with E-state index in [2.05, 4.69) is 9.98 Å². The molecule has 0 unspecified atom stereocenters. The molecule has 0 aliphatic carbocycles. The van der Waals surface area contributed by atoms with E-state index in [1.807, 2.05) is 12.3 Å². The van der Waals surface area contributed by atoms with Gasteiger partial charge in [-0.05, 0) is 6.92 Å². The fourth-order valence-corrected chi connectivity index (χ4v) is 2.63. The van der Waals surface area contributed by atoms with E-state index in [0.717, 1.165) is 20.3 Å². The van der Waals surface area contributed by atoms with E-state index in [9.17, 15) is 0 Å². The largest absolute Gasteiger partial charge is 0.224 e. The number of aliphatic imine (C=N–C) groups is 1. The number of hydrogen-bond donors (Lipinski definition) is 0. The zero-order valence-electron chi connectivity index (χ0n) is 5.90. The second-order valence-corrected chi connectivity index (χ2v) is 5.44. The number of nitrogens with zero attached hydrogens (tertiary/aromatic N) is 2. The Morgan fingerprint density at radius 3 is 2.82 bits per heavy atom. The highest BCUT2D eigenvalue weighted by molar-refractivity contribution is 8.52. The molecule has 5 heteroatoms. The molecule has 0 radical (unpaired) electrons. The molecule has 0 spiro atoms. The first-order valence-electron chi connectivity index (χ1n) is 3.11. The molecule has 1 aromatic heterocycles. The van der Waals surface area contributed by atoms with Gasteiger partial charge in [0.2, 0.25) is 5.13 Å². The van der Waals surface area contributed by atoms with Crippen molar-refractivity contribution in [3.8, 4) is 0 Å². The number of thioether (sulfide) groups is 2. The molecule has 1 aliphatic rings. The van der Waals surface area contributed by atoms with Crippen LogP contribution in [0.25, 0.3) is 0 Å². The van der Waals surface area contributed by atoms with Crippen LogP contribution in [0.3, 0.4) is 0 Å². The molecule has 1 aliphatic heterocycles. The fourth-order valence-electron chi connectivity index (χ4n) is 0.647. The van der Waals surface area contributed by atoms with Gasteiger partial charge in [-0.15, -0.1) is 11.3 Å². The van der Waals surface area contributed by atoms with Crippen molar-refractivity contribution in [1.82, 2.24) is 4.98 Å². The lowest BCUT2D eigenvalue weighted by atomic mass is 10.6. The van der Waals surface area contributed by atoms with Gasteiger partial charge in [-0.3, -0.25) is 0 Å². The van der Waals surface area contributed by atoms with Crippen molar-refractivity contribution in [3.05, 3.63) is 11.1 Å². The molecule has 0 saturated carbocycles. The van der Waals surface area contributed by atoms with Crippen LogP contribution < -0.4 is 0 Å². The van der Waals surface area contributed by atoms with Gasteiger partial charge in [0.1, 0.15) is 4.38 Å². The quantitative estimate of drug-likeness (QED) is 0.700. The molecule has 2 heterocycles. The third-order valence-electron chi connectivity index (χ3n) is 1.16. The smallest absolute Gasteiger partial charge is 0.210 e. The Labute approximate surface area is 77.5 Å². The minimum Gasteiger partial charge on any atom is -0.224 e. The van der Waals surface area contributed by atoms with Crippen LogP contribution >= 0.6 is 34.9 Å². The van der Waals surface area contributed by atoms with Crippen molar-refractivity contribution in [2.24, 2.45) is 4.99 Å². The van der Waals surface area contributed by atoms with E-state index in [1.165, 1.54) is 0 Å². The molecule has 1 saturated heterocycles. The molecule has 2 nitrogen and oxygen atoms in total. The van der Waals surface area contributed by atoms with Gasteiger partial charge in [0, 0.05) is 5.38 Å². The maximum absolute atomic E-state index is 4.34. The zero-order chi connectivity index (χ0) is 7.68. The highest BCUT2D eigenvalue weighted by atomic mass is 32.3. The van der Waals surface area contributed by atoms with Crippen molar-refractivity contribution in [2.75, 3.05) is 5.08 Å². The molecule has 58 valence electrons. The van der Waals surface area contributed by atoms with E-state index >= 15 is 0 Å². The highest BCUT2D eigenvalue weighted by Gasteiger charge is 2.12. The third kappa shape index (κ3) is 1.77. The van der Waals surface area contributed by atoms with Crippen molar-refractivity contribution < 1.29 is 0 Å². The van der Waals surface area contributed by atoms with Crippen LogP contribution in [0.2, 0.25) is 0 Å². The van der Waals surface area contributed by atoms with Crippen LogP contribution in [0, 0.1) is 6.92 Å². The Hall–Kier alpha value is -0.0000000000000000555. The van der Waals surface area contributed by atoms with Crippen LogP contribution in [0.5, 0.6) is 0 Å². The number of aromatic nitrogens is 1. The molecule has 0 atom stereocenters. The van der Waals surface area contributed by atoms with Gasteiger partial charge in [0.25, 0.3) is 0 Å². The van der Waals surface area contributed by atoms with Crippen LogP contribution in [0.4, 0.5) is 5.13 Å². The summed E-state index contributed by atoms with van der Waals surface area (Å²) >= 11 is 5.18. The topological polar surface area (TPSA) is 25.2 Å². The summed E-state index contributed by atoms with van der Waals surface area (Å²) < 4.78 is 1.15. The molecule has 0 bridgehead atoms. The van der Waals surface area contributed by atoms with Gasteiger partial charge in [0.15, 0.2) is 0 Å². The highest BCUT2D eigenvalue weighted by Crippen LogP contribution is 2.35. The molecular formula is C6H6N2S3. The molecule has 1 fully saturated rings. The van der Waals surface area contributed by atoms with Gasteiger partial charge in [-0.1, -0.05) is 23.5 Å². The Bertz CT molecular complexity index is 286. The summed E-state index contributed by atoms with van der Waals surface area (Å²) in [6, 6.07) is 0. The van der Waals surface area contributed by atoms with Crippen LogP contribution in [-0.2, 0) is 0 Å². The predicted molar refractivity (Wildman–Crippen MR) is 54.0 cm³/mol. The van der Waals surface area contributed by atoms with Crippen LogP contribution in [0.15, 0.2) is 10.4 Å². The molecule has 0 amide bonds. The normalized spacial score (nSPS) is 16.3. The summed E-state index contributed by atoms with van der Waals surface area (Å²) in [5, 5.41) is 4.05. The van der Waals surface area contributed by atoms with E-state index in [4.69, 9.17) is 0 Å². The minimum absolute atomic E-state index is 0.886. The SMILES string of the molecule is Cc1csc(N=C2SCS2)n1. The number of thiazole rings is 1. The maximum Gasteiger partial charge on any atom is 0.210 e. The molecule has 11 heavy (non-hydrogen) atoms. The third-order valence-corrected chi connectivity index (χ3v) is 4.34. The summed E-state index contributed by atoms with van der Waals surface area (Å²) in [5.41, 5.74) is 1.06. The Morgan fingerprint density at radius 1 is 1.55 bits per heavy atom. The van der Waals surface area contributed by atoms with Crippen molar-refractivity contribution in [2.45, 2.75) is 6.92 Å². The van der Waals surface area contributed by atoms with Crippen molar-refractivity contribution in [3.63, 3.8) is 0 Å². The van der Waals surface area contributed by atoms with Gasteiger partial charge in [0.05, 0.1) is 10.8 Å². The second kappa shape index (κ2) is 3.16. The predicted octanol–water partition coefficient (Wildman–Crippen LogP) is 2.88. The molecule has 1 aromatic rings. The number of aryl methyl sites for hydroxylation is 1. The molecule has 0 N–H and O–H groups in total. The van der Waals surface area contributed by atoms with E-state index in [0.29, 0.717) is 0 Å². The van der Waals surface area contributed by atoms with Crippen LogP contribution in [-0.4, -0.2) is 14.4 Å². The summed E-state index contributed by atoms with van der Waals surface area (Å²) in [4.78, 5) is 8.57. The minimum atomic E-state index is 0.886. The molecule has 2 rings (SSSR count). The summed E-state index contributed by atoms with van der Waals surface area (Å²) in [7, 11) is 0. The fraction of sp³-hybridized carbons (Fsp3) is 0.333. The van der Waals surface area contributed by atoms with Gasteiger partial charge in [-0.2, -0.15) is 0 Å². The Morgan fingerprint density at radius 2 is 2.36 bits per heavy atom. The number of hydrogen-bond acceptors (Lipinski definition) is 5. The summed E-state index contributed by atoms with van der Waals surface area (Å²) in [6.45, 7) is 1.99. The van der Waals surface area contributed by atoms with Crippen molar-refractivity contribution >= 4 is 44.4 Å².